The third-order valence-electron chi connectivity index (χ3n) is 3.97. The van der Waals surface area contributed by atoms with Gasteiger partial charge in [0.05, 0.1) is 6.10 Å². The van der Waals surface area contributed by atoms with Crippen molar-refractivity contribution in [3.05, 3.63) is 24.5 Å². The fourth-order valence-corrected chi connectivity index (χ4v) is 2.78. The first-order chi connectivity index (χ1) is 11.1. The number of rotatable bonds is 2. The van der Waals surface area contributed by atoms with Crippen molar-refractivity contribution in [3.63, 3.8) is 0 Å². The molecule has 8 nitrogen and oxygen atoms in total. The van der Waals surface area contributed by atoms with Crippen molar-refractivity contribution in [1.82, 2.24) is 15.3 Å². The average molecular weight is 317 g/mol. The lowest BCUT2D eigenvalue weighted by Crippen LogP contribution is -2.43. The number of carbonyl (C=O) groups is 2. The molecule has 0 spiro atoms. The molecule has 0 aromatic carbocycles. The molecule has 0 saturated carbocycles. The van der Waals surface area contributed by atoms with Crippen molar-refractivity contribution in [1.29, 1.82) is 0 Å². The number of hydrogen-bond donors (Lipinski definition) is 2. The number of amides is 2. The van der Waals surface area contributed by atoms with Gasteiger partial charge in [0.15, 0.2) is 0 Å². The Balaban J connectivity index is 1.69. The van der Waals surface area contributed by atoms with Crippen molar-refractivity contribution in [2.45, 2.75) is 18.9 Å². The number of carbonyl (C=O) groups excluding carboxylic acids is 2. The Morgan fingerprint density at radius 2 is 2.00 bits per heavy atom. The molecular formula is C15H19N5O3. The van der Waals surface area contributed by atoms with Gasteiger partial charge in [-0.2, -0.15) is 5.10 Å². The van der Waals surface area contributed by atoms with E-state index in [-0.39, 0.29) is 24.8 Å². The number of anilines is 1. The summed E-state index contributed by atoms with van der Waals surface area (Å²) in [5, 5.41) is 14.1. The van der Waals surface area contributed by atoms with E-state index < -0.39 is 6.10 Å². The second-order valence-electron chi connectivity index (χ2n) is 5.65. The van der Waals surface area contributed by atoms with Crippen LogP contribution in [0.5, 0.6) is 0 Å². The first kappa shape index (κ1) is 15.4. The summed E-state index contributed by atoms with van der Waals surface area (Å²) in [6, 6.07) is 3.76. The lowest BCUT2D eigenvalue weighted by atomic mass is 10.1. The van der Waals surface area contributed by atoms with Crippen LogP contribution in [0.3, 0.4) is 0 Å². The fraction of sp³-hybridized carbons (Fsp3) is 0.467. The minimum Gasteiger partial charge on any atom is -0.389 e. The molecule has 2 amide bonds. The normalized spacial score (nSPS) is 22.2. The lowest BCUT2D eigenvalue weighted by Gasteiger charge is -2.24. The summed E-state index contributed by atoms with van der Waals surface area (Å²) in [5.74, 6) is -0.401. The van der Waals surface area contributed by atoms with E-state index in [2.05, 4.69) is 15.5 Å². The Bertz CT molecular complexity index is 619. The predicted octanol–water partition coefficient (Wildman–Crippen LogP) is -0.643. The maximum Gasteiger partial charge on any atom is 0.270 e. The molecule has 0 radical (unpaired) electrons. The molecule has 0 aliphatic carbocycles. The second kappa shape index (κ2) is 6.74. The van der Waals surface area contributed by atoms with Crippen LogP contribution in [0.15, 0.2) is 29.6 Å². The van der Waals surface area contributed by atoms with Gasteiger partial charge in [-0.3, -0.25) is 14.6 Å². The van der Waals surface area contributed by atoms with E-state index in [0.29, 0.717) is 31.8 Å². The zero-order valence-corrected chi connectivity index (χ0v) is 12.7. The Morgan fingerprint density at radius 1 is 1.22 bits per heavy atom. The van der Waals surface area contributed by atoms with Gasteiger partial charge in [0.2, 0.25) is 5.91 Å². The second-order valence-corrected chi connectivity index (χ2v) is 5.65. The van der Waals surface area contributed by atoms with Gasteiger partial charge in [0, 0.05) is 57.1 Å². The average Bonchev–Trinajstić information content (AvgIpc) is 2.77. The van der Waals surface area contributed by atoms with E-state index in [9.17, 15) is 14.7 Å². The third kappa shape index (κ3) is 3.65. The Labute approximate surface area is 133 Å². The van der Waals surface area contributed by atoms with E-state index in [1.54, 1.807) is 17.3 Å². The highest BCUT2D eigenvalue weighted by Crippen LogP contribution is 2.16. The molecule has 1 unspecified atom stereocenters. The number of nitrogens with zero attached hydrogens (tertiary/aromatic N) is 4. The van der Waals surface area contributed by atoms with Gasteiger partial charge >= 0.3 is 0 Å². The quantitative estimate of drug-likeness (QED) is 0.756. The third-order valence-corrected chi connectivity index (χ3v) is 3.97. The number of nitrogens with one attached hydrogen (secondary N) is 1. The van der Waals surface area contributed by atoms with Gasteiger partial charge in [-0.1, -0.05) is 0 Å². The molecule has 2 aliphatic heterocycles. The smallest absolute Gasteiger partial charge is 0.270 e. The summed E-state index contributed by atoms with van der Waals surface area (Å²) in [5.41, 5.74) is 3.65. The largest absolute Gasteiger partial charge is 0.389 e. The molecule has 2 aliphatic rings. The molecule has 122 valence electrons. The number of hydrogen-bond acceptors (Lipinski definition) is 6. The molecule has 3 heterocycles. The minimum absolute atomic E-state index is 0.179. The summed E-state index contributed by atoms with van der Waals surface area (Å²) in [7, 11) is 0. The van der Waals surface area contributed by atoms with Gasteiger partial charge in [-0.25, -0.2) is 5.43 Å². The van der Waals surface area contributed by atoms with Crippen LogP contribution >= 0.6 is 0 Å². The molecule has 23 heavy (non-hydrogen) atoms. The molecule has 1 atom stereocenters. The van der Waals surface area contributed by atoms with Crippen LogP contribution < -0.4 is 10.3 Å². The zero-order chi connectivity index (χ0) is 16.2. The minimum atomic E-state index is -0.645. The number of pyridine rings is 1. The standard InChI is InChI=1S/C15H19N5O3/c21-12-9-19(11-3-5-16-6-4-11)7-8-20(10-12)15(23)13-1-2-14(22)18-17-13/h3-6,12,21H,1-2,7-10H2,(H,18,22). The maximum atomic E-state index is 12.5. The number of aliphatic hydroxyl groups excluding tert-OH is 1. The van der Waals surface area contributed by atoms with Gasteiger partial charge in [-0.05, 0) is 12.1 Å². The Morgan fingerprint density at radius 3 is 2.70 bits per heavy atom. The summed E-state index contributed by atoms with van der Waals surface area (Å²) in [6.07, 6.45) is 3.37. The molecule has 3 rings (SSSR count). The van der Waals surface area contributed by atoms with Crippen LogP contribution in [0.4, 0.5) is 5.69 Å². The SMILES string of the molecule is O=C1CCC(C(=O)N2CCN(c3ccncc3)CC(O)C2)=NN1. The highest BCUT2D eigenvalue weighted by molar-refractivity contribution is 6.39. The van der Waals surface area contributed by atoms with E-state index >= 15 is 0 Å². The van der Waals surface area contributed by atoms with E-state index in [1.165, 1.54) is 0 Å². The Hall–Kier alpha value is -2.48. The van der Waals surface area contributed by atoms with Crippen LogP contribution in [-0.4, -0.2) is 64.8 Å². The van der Waals surface area contributed by atoms with E-state index in [4.69, 9.17) is 0 Å². The summed E-state index contributed by atoms with van der Waals surface area (Å²) in [6.45, 7) is 1.82. The topological polar surface area (TPSA) is 98.1 Å². The van der Waals surface area contributed by atoms with Gasteiger partial charge in [0.25, 0.3) is 5.91 Å². The van der Waals surface area contributed by atoms with E-state index in [0.717, 1.165) is 5.69 Å². The molecule has 1 fully saturated rings. The highest BCUT2D eigenvalue weighted by atomic mass is 16.3. The van der Waals surface area contributed by atoms with Crippen molar-refractivity contribution in [2.75, 3.05) is 31.1 Å². The fourth-order valence-electron chi connectivity index (χ4n) is 2.78. The molecule has 1 aromatic heterocycles. The van der Waals surface area contributed by atoms with Crippen molar-refractivity contribution >= 4 is 23.2 Å². The van der Waals surface area contributed by atoms with Crippen molar-refractivity contribution in [3.8, 4) is 0 Å². The first-order valence-electron chi connectivity index (χ1n) is 7.61. The number of β-amino-alcohol motifs (C(OH)–C–C–N with tert-alkyl or cyclic N) is 1. The molecule has 0 bridgehead atoms. The monoisotopic (exact) mass is 317 g/mol. The summed E-state index contributed by atoms with van der Waals surface area (Å²) in [4.78, 5) is 31.2. The summed E-state index contributed by atoms with van der Waals surface area (Å²) < 4.78 is 0. The zero-order valence-electron chi connectivity index (χ0n) is 12.7. The number of hydrazone groups is 1. The van der Waals surface area contributed by atoms with Crippen molar-refractivity contribution < 1.29 is 14.7 Å². The molecular weight excluding hydrogens is 298 g/mol. The van der Waals surface area contributed by atoms with Crippen molar-refractivity contribution in [2.24, 2.45) is 5.10 Å². The molecule has 2 N–H and O–H groups in total. The summed E-state index contributed by atoms with van der Waals surface area (Å²) >= 11 is 0. The number of aliphatic hydroxyl groups is 1. The predicted molar refractivity (Wildman–Crippen MR) is 83.8 cm³/mol. The molecule has 8 heteroatoms. The number of aromatic nitrogens is 1. The lowest BCUT2D eigenvalue weighted by molar-refractivity contribution is -0.125. The molecule has 1 aromatic rings. The molecule has 1 saturated heterocycles. The van der Waals surface area contributed by atoms with Crippen LogP contribution in [0.1, 0.15) is 12.8 Å². The highest BCUT2D eigenvalue weighted by Gasteiger charge is 2.28. The Kier molecular flexibility index (Phi) is 4.52. The van der Waals surface area contributed by atoms with Gasteiger partial charge in [0.1, 0.15) is 5.71 Å². The first-order valence-corrected chi connectivity index (χ1v) is 7.61. The van der Waals surface area contributed by atoms with Crippen LogP contribution in [0.25, 0.3) is 0 Å². The van der Waals surface area contributed by atoms with E-state index in [1.807, 2.05) is 17.0 Å². The van der Waals surface area contributed by atoms with Crippen LogP contribution in [-0.2, 0) is 9.59 Å². The maximum absolute atomic E-state index is 12.5. The van der Waals surface area contributed by atoms with Crippen LogP contribution in [0, 0.1) is 0 Å². The van der Waals surface area contributed by atoms with Gasteiger partial charge < -0.3 is 14.9 Å². The van der Waals surface area contributed by atoms with Gasteiger partial charge in [-0.15, -0.1) is 0 Å². The van der Waals surface area contributed by atoms with Crippen LogP contribution in [0.2, 0.25) is 0 Å².